The van der Waals surface area contributed by atoms with E-state index in [0.717, 1.165) is 0 Å². The fourth-order valence-corrected chi connectivity index (χ4v) is 1.76. The van der Waals surface area contributed by atoms with Crippen molar-refractivity contribution in [2.75, 3.05) is 29.1 Å². The summed E-state index contributed by atoms with van der Waals surface area (Å²) in [6.07, 6.45) is 0.319. The molecule has 0 fully saturated rings. The molecule has 1 aromatic heterocycles. The zero-order chi connectivity index (χ0) is 12.4. The van der Waals surface area contributed by atoms with E-state index in [-0.39, 0.29) is 18.2 Å². The molecule has 2 rings (SSSR count). The molecule has 0 saturated heterocycles. The van der Waals surface area contributed by atoms with Crippen molar-refractivity contribution >= 4 is 17.5 Å². The lowest BCUT2D eigenvalue weighted by molar-refractivity contribution is 0.200. The summed E-state index contributed by atoms with van der Waals surface area (Å²) in [6, 6.07) is 0. The number of hydrogen-bond acceptors (Lipinski definition) is 7. The first-order chi connectivity index (χ1) is 8.13. The van der Waals surface area contributed by atoms with E-state index < -0.39 is 11.9 Å². The van der Waals surface area contributed by atoms with E-state index in [1.165, 1.54) is 4.90 Å². The molecule has 0 aliphatic carbocycles. The molecule has 1 atom stereocenters. The van der Waals surface area contributed by atoms with Crippen molar-refractivity contribution in [3.63, 3.8) is 0 Å². The van der Waals surface area contributed by atoms with Crippen molar-refractivity contribution in [3.05, 3.63) is 10.4 Å². The maximum atomic E-state index is 11.5. The van der Waals surface area contributed by atoms with Crippen molar-refractivity contribution in [2.45, 2.75) is 19.2 Å². The highest BCUT2D eigenvalue weighted by Gasteiger charge is 2.30. The third kappa shape index (κ3) is 2.17. The van der Waals surface area contributed by atoms with Gasteiger partial charge in [0.05, 0.1) is 0 Å². The third-order valence-corrected chi connectivity index (χ3v) is 2.57. The van der Waals surface area contributed by atoms with Crippen LogP contribution < -0.4 is 21.5 Å². The van der Waals surface area contributed by atoms with Crippen LogP contribution in [0.25, 0.3) is 0 Å². The van der Waals surface area contributed by atoms with Gasteiger partial charge in [0.15, 0.2) is 5.82 Å². The number of aromatic nitrogens is 2. The number of fused-ring (bicyclic) bond motifs is 1. The Hall–Kier alpha value is -1.80. The highest BCUT2D eigenvalue weighted by atomic mass is 16.3. The van der Waals surface area contributed by atoms with Crippen LogP contribution in [0.15, 0.2) is 4.79 Å². The number of nitrogens with two attached hydrogens (primary N) is 1. The minimum Gasteiger partial charge on any atom is -0.396 e. The van der Waals surface area contributed by atoms with Gasteiger partial charge in [-0.2, -0.15) is 4.98 Å². The van der Waals surface area contributed by atoms with Crippen molar-refractivity contribution in [3.8, 4) is 0 Å². The molecular formula is C9H15N5O3. The average Bonchev–Trinajstić information content (AvgIpc) is 2.57. The number of H-pyrrole nitrogens is 1. The monoisotopic (exact) mass is 241 g/mol. The van der Waals surface area contributed by atoms with Crippen LogP contribution >= 0.6 is 0 Å². The van der Waals surface area contributed by atoms with Crippen LogP contribution in [-0.2, 0) is 0 Å². The van der Waals surface area contributed by atoms with E-state index in [0.29, 0.717) is 25.2 Å². The zero-order valence-electron chi connectivity index (χ0n) is 9.18. The molecule has 0 bridgehead atoms. The Morgan fingerprint density at radius 2 is 2.24 bits per heavy atom. The molecule has 2 heterocycles. The van der Waals surface area contributed by atoms with E-state index in [9.17, 15) is 9.90 Å². The molecule has 0 radical (unpaired) electrons. The molecule has 8 heteroatoms. The number of unbranched alkanes of at least 4 members (excludes halogenated alkanes) is 1. The van der Waals surface area contributed by atoms with E-state index in [1.807, 2.05) is 0 Å². The fraction of sp³-hybridized carbons (Fsp3) is 0.556. The summed E-state index contributed by atoms with van der Waals surface area (Å²) in [5.41, 5.74) is 5.26. The number of aliphatic hydroxyl groups excluding tert-OH is 2. The topological polar surface area (TPSA) is 128 Å². The maximum Gasteiger partial charge on any atom is 0.278 e. The average molecular weight is 241 g/mol. The Balaban J connectivity index is 2.24. The lowest BCUT2D eigenvalue weighted by atomic mass is 10.3. The van der Waals surface area contributed by atoms with Gasteiger partial charge in [-0.05, 0) is 12.8 Å². The Morgan fingerprint density at radius 3 is 2.94 bits per heavy atom. The smallest absolute Gasteiger partial charge is 0.278 e. The highest BCUT2D eigenvalue weighted by molar-refractivity contribution is 5.71. The predicted octanol–water partition coefficient (Wildman–Crippen LogP) is -1.37. The minimum atomic E-state index is -0.987. The number of rotatable bonds is 4. The van der Waals surface area contributed by atoms with Crippen LogP contribution in [0.1, 0.15) is 12.8 Å². The molecule has 17 heavy (non-hydrogen) atoms. The molecule has 0 amide bonds. The number of aliphatic hydroxyl groups is 2. The minimum absolute atomic E-state index is 0.0109. The third-order valence-electron chi connectivity index (χ3n) is 2.57. The maximum absolute atomic E-state index is 11.5. The zero-order valence-corrected chi connectivity index (χ0v) is 9.18. The summed E-state index contributed by atoms with van der Waals surface area (Å²) in [6.45, 7) is 0.576. The first-order valence-electron chi connectivity index (χ1n) is 5.35. The number of hydrogen-bond donors (Lipinski definition) is 5. The first kappa shape index (κ1) is 11.7. The molecule has 0 saturated carbocycles. The van der Waals surface area contributed by atoms with Gasteiger partial charge < -0.3 is 26.2 Å². The summed E-state index contributed by atoms with van der Waals surface area (Å²) in [4.78, 5) is 19.4. The van der Waals surface area contributed by atoms with Gasteiger partial charge >= 0.3 is 0 Å². The first-order valence-corrected chi connectivity index (χ1v) is 5.35. The Bertz CT molecular complexity index is 460. The van der Waals surface area contributed by atoms with Crippen LogP contribution in [0.3, 0.4) is 0 Å². The molecule has 1 aliphatic heterocycles. The van der Waals surface area contributed by atoms with Crippen molar-refractivity contribution in [2.24, 2.45) is 0 Å². The summed E-state index contributed by atoms with van der Waals surface area (Å²) < 4.78 is 0. The van der Waals surface area contributed by atoms with Gasteiger partial charge in [-0.25, -0.2) is 0 Å². The van der Waals surface area contributed by atoms with Crippen LogP contribution in [0.4, 0.5) is 17.5 Å². The second kappa shape index (κ2) is 4.60. The Labute approximate surface area is 97.1 Å². The van der Waals surface area contributed by atoms with Gasteiger partial charge in [0, 0.05) is 13.2 Å². The largest absolute Gasteiger partial charge is 0.396 e. The molecule has 1 unspecified atom stereocenters. The summed E-state index contributed by atoms with van der Waals surface area (Å²) in [5.74, 6) is 0.355. The Kier molecular flexibility index (Phi) is 3.16. The summed E-state index contributed by atoms with van der Waals surface area (Å²) in [5, 5.41) is 21.1. The molecule has 6 N–H and O–H groups in total. The summed E-state index contributed by atoms with van der Waals surface area (Å²) in [7, 11) is 0. The van der Waals surface area contributed by atoms with Crippen LogP contribution in [0.5, 0.6) is 0 Å². The number of nitrogen functional groups attached to an aromatic ring is 1. The van der Waals surface area contributed by atoms with Gasteiger partial charge in [0.2, 0.25) is 12.3 Å². The molecule has 1 aromatic rings. The van der Waals surface area contributed by atoms with Gasteiger partial charge in [-0.15, -0.1) is 0 Å². The normalized spacial score (nSPS) is 18.0. The highest BCUT2D eigenvalue weighted by Crippen LogP contribution is 2.28. The second-order valence-corrected chi connectivity index (χ2v) is 3.79. The van der Waals surface area contributed by atoms with Gasteiger partial charge in [0.1, 0.15) is 5.69 Å². The van der Waals surface area contributed by atoms with Crippen LogP contribution in [-0.4, -0.2) is 39.7 Å². The standard InChI is InChI=1S/C9H15N5O3/c10-8-12-6-5(7(16)13-8)11-9(17)14(6)3-1-2-4-15/h9,11,15,17H,1-4H2,(H3,10,12,13,16). The number of nitrogens with one attached hydrogen (secondary N) is 2. The molecule has 0 aromatic carbocycles. The van der Waals surface area contributed by atoms with Gasteiger partial charge in [-0.1, -0.05) is 0 Å². The molecular weight excluding hydrogens is 226 g/mol. The molecule has 8 nitrogen and oxygen atoms in total. The molecule has 0 spiro atoms. The SMILES string of the molecule is Nc1nc2c(c(=O)[nH]1)NC(O)N2CCCCO. The number of aromatic amines is 1. The van der Waals surface area contributed by atoms with Gasteiger partial charge in [0.25, 0.3) is 5.56 Å². The quantitative estimate of drug-likeness (QED) is 0.411. The Morgan fingerprint density at radius 1 is 1.47 bits per heavy atom. The van der Waals surface area contributed by atoms with Crippen LogP contribution in [0, 0.1) is 0 Å². The lowest BCUT2D eigenvalue weighted by Gasteiger charge is -2.21. The van der Waals surface area contributed by atoms with Gasteiger partial charge in [-0.3, -0.25) is 9.78 Å². The predicted molar refractivity (Wildman–Crippen MR) is 62.6 cm³/mol. The number of anilines is 3. The van der Waals surface area contributed by atoms with Crippen molar-refractivity contribution < 1.29 is 10.2 Å². The molecule has 94 valence electrons. The molecule has 1 aliphatic rings. The van der Waals surface area contributed by atoms with E-state index in [2.05, 4.69) is 15.3 Å². The van der Waals surface area contributed by atoms with Crippen molar-refractivity contribution in [1.82, 2.24) is 9.97 Å². The van der Waals surface area contributed by atoms with E-state index in [4.69, 9.17) is 10.8 Å². The van der Waals surface area contributed by atoms with Crippen LogP contribution in [0.2, 0.25) is 0 Å². The van der Waals surface area contributed by atoms with E-state index in [1.54, 1.807) is 0 Å². The second-order valence-electron chi connectivity index (χ2n) is 3.79. The number of nitrogens with zero attached hydrogens (tertiary/aromatic N) is 2. The fourth-order valence-electron chi connectivity index (χ4n) is 1.76. The summed E-state index contributed by atoms with van der Waals surface area (Å²) >= 11 is 0. The van der Waals surface area contributed by atoms with Crippen molar-refractivity contribution in [1.29, 1.82) is 0 Å². The lowest BCUT2D eigenvalue weighted by Crippen LogP contribution is -2.36. The van der Waals surface area contributed by atoms with E-state index >= 15 is 0 Å².